The third-order valence-corrected chi connectivity index (χ3v) is 6.67. The molecule has 0 saturated heterocycles. The summed E-state index contributed by atoms with van der Waals surface area (Å²) in [6.07, 6.45) is 6.26. The Morgan fingerprint density at radius 3 is 2.42 bits per heavy atom. The second-order valence-electron chi connectivity index (χ2n) is 5.95. The smallest absolute Gasteiger partial charge is 0.280 e. The maximum atomic E-state index is 12.2. The Balaban J connectivity index is 2.55. The molecule has 0 spiro atoms. The number of rotatable bonds is 5. The van der Waals surface area contributed by atoms with E-state index in [1.165, 1.54) is 18.9 Å². The van der Waals surface area contributed by atoms with Crippen molar-refractivity contribution >= 4 is 33.5 Å². The van der Waals surface area contributed by atoms with Gasteiger partial charge >= 0.3 is 0 Å². The molecule has 1 aliphatic rings. The van der Waals surface area contributed by atoms with E-state index in [1.54, 1.807) is 17.8 Å². The van der Waals surface area contributed by atoms with Gasteiger partial charge in [0.05, 0.1) is 4.90 Å². The third-order valence-electron chi connectivity index (χ3n) is 4.01. The van der Waals surface area contributed by atoms with Gasteiger partial charge in [0.25, 0.3) is 5.91 Å². The Morgan fingerprint density at radius 1 is 1.29 bits per heavy atom. The maximum Gasteiger partial charge on any atom is 0.280 e. The number of carbonyl (C=O) groups excluding carboxylic acids is 1. The molecule has 1 aromatic carbocycles. The fraction of sp³-hybridized carbons (Fsp3) is 0.500. The molecule has 24 heavy (non-hydrogen) atoms. The van der Waals surface area contributed by atoms with Gasteiger partial charge in [0.15, 0.2) is 15.8 Å². The normalized spacial score (nSPS) is 15.4. The maximum absolute atomic E-state index is 12.2. The molecule has 0 aromatic heterocycles. The number of carbonyl (C=O) groups is 1. The lowest BCUT2D eigenvalue weighted by molar-refractivity contribution is 0.100. The van der Waals surface area contributed by atoms with Crippen LogP contribution in [0.15, 0.2) is 26.9 Å². The summed E-state index contributed by atoms with van der Waals surface area (Å²) < 4.78 is 24.4. The van der Waals surface area contributed by atoms with Crippen LogP contribution in [-0.2, 0) is 16.3 Å². The summed E-state index contributed by atoms with van der Waals surface area (Å²) in [4.78, 5) is 16.6. The molecule has 2 rings (SSSR count). The first-order valence-corrected chi connectivity index (χ1v) is 10.7. The Labute approximate surface area is 147 Å². The molecule has 132 valence electrons. The van der Waals surface area contributed by atoms with Crippen LogP contribution >= 0.6 is 11.8 Å². The zero-order valence-electron chi connectivity index (χ0n) is 13.9. The topological polar surface area (TPSA) is 116 Å². The van der Waals surface area contributed by atoms with Crippen LogP contribution < -0.4 is 11.5 Å². The minimum atomic E-state index is -3.47. The first-order valence-electron chi connectivity index (χ1n) is 7.90. The zero-order chi connectivity index (χ0) is 17.9. The summed E-state index contributed by atoms with van der Waals surface area (Å²) in [6, 6.07) is 3.22. The van der Waals surface area contributed by atoms with Crippen molar-refractivity contribution in [1.82, 2.24) is 0 Å². The number of guanidine groups is 1. The Bertz CT molecular complexity index is 763. The zero-order valence-corrected chi connectivity index (χ0v) is 15.5. The first kappa shape index (κ1) is 18.8. The summed E-state index contributed by atoms with van der Waals surface area (Å²) in [5, 5.41) is 0.425. The third kappa shape index (κ3) is 4.51. The summed E-state index contributed by atoms with van der Waals surface area (Å²) in [5.41, 5.74) is 11.5. The van der Waals surface area contributed by atoms with Gasteiger partial charge in [-0.05, 0) is 37.0 Å². The summed E-state index contributed by atoms with van der Waals surface area (Å²) in [7, 11) is -3.47. The van der Waals surface area contributed by atoms with E-state index < -0.39 is 15.7 Å². The predicted octanol–water partition coefficient (Wildman–Crippen LogP) is 2.10. The Morgan fingerprint density at radius 2 is 1.92 bits per heavy atom. The predicted molar refractivity (Wildman–Crippen MR) is 97.2 cm³/mol. The lowest BCUT2D eigenvalue weighted by Gasteiger charge is -2.16. The van der Waals surface area contributed by atoms with Gasteiger partial charge in [-0.2, -0.15) is 4.99 Å². The first-order chi connectivity index (χ1) is 11.2. The molecule has 0 radical (unpaired) electrons. The summed E-state index contributed by atoms with van der Waals surface area (Å²) in [6.45, 7) is 1.91. The number of hydrogen-bond donors (Lipinski definition) is 2. The number of nitrogens with zero attached hydrogens (tertiary/aromatic N) is 1. The molecule has 4 N–H and O–H groups in total. The molecule has 1 aliphatic carbocycles. The molecule has 0 unspecified atom stereocenters. The van der Waals surface area contributed by atoms with Gasteiger partial charge < -0.3 is 11.5 Å². The van der Waals surface area contributed by atoms with Crippen molar-refractivity contribution in [1.29, 1.82) is 0 Å². The SMILES string of the molecule is CCc1cc(SC2CCCC2)c(S(C)(=O)=O)cc1C(=O)N=C(N)N. The van der Waals surface area contributed by atoms with Gasteiger partial charge in [0.2, 0.25) is 0 Å². The summed E-state index contributed by atoms with van der Waals surface area (Å²) in [5.74, 6) is -0.957. The van der Waals surface area contributed by atoms with Crippen molar-refractivity contribution in [2.24, 2.45) is 16.5 Å². The van der Waals surface area contributed by atoms with Crippen LogP contribution in [0.2, 0.25) is 0 Å². The lowest BCUT2D eigenvalue weighted by atomic mass is 10.0. The van der Waals surface area contributed by atoms with Crippen LogP contribution in [-0.4, -0.2) is 31.8 Å². The fourth-order valence-corrected chi connectivity index (χ4v) is 5.51. The highest BCUT2D eigenvalue weighted by Gasteiger charge is 2.24. The van der Waals surface area contributed by atoms with E-state index in [0.29, 0.717) is 16.6 Å². The van der Waals surface area contributed by atoms with Crippen LogP contribution in [0.5, 0.6) is 0 Å². The van der Waals surface area contributed by atoms with Gasteiger partial charge in [-0.1, -0.05) is 19.8 Å². The second-order valence-corrected chi connectivity index (χ2v) is 9.27. The molecule has 1 amide bonds. The number of hydrogen-bond acceptors (Lipinski definition) is 4. The van der Waals surface area contributed by atoms with E-state index in [0.717, 1.165) is 24.7 Å². The monoisotopic (exact) mass is 369 g/mol. The number of aliphatic imine (C=N–C) groups is 1. The number of amides is 1. The lowest BCUT2D eigenvalue weighted by Crippen LogP contribution is -2.24. The molecule has 1 saturated carbocycles. The van der Waals surface area contributed by atoms with E-state index in [9.17, 15) is 13.2 Å². The average Bonchev–Trinajstić information content (AvgIpc) is 2.97. The molecular formula is C16H23N3O3S2. The highest BCUT2D eigenvalue weighted by atomic mass is 32.2. The van der Waals surface area contributed by atoms with E-state index in [-0.39, 0.29) is 16.4 Å². The van der Waals surface area contributed by atoms with Crippen LogP contribution in [0.1, 0.15) is 48.5 Å². The Hall–Kier alpha value is -1.54. The number of sulfone groups is 1. The van der Waals surface area contributed by atoms with Gasteiger partial charge in [-0.15, -0.1) is 11.8 Å². The van der Waals surface area contributed by atoms with Crippen molar-refractivity contribution in [2.45, 2.75) is 54.1 Å². The highest BCUT2D eigenvalue weighted by Crippen LogP contribution is 2.39. The van der Waals surface area contributed by atoms with Crippen LogP contribution in [0.3, 0.4) is 0 Å². The molecule has 8 heteroatoms. The quantitative estimate of drug-likeness (QED) is 0.606. The number of aryl methyl sites for hydroxylation is 1. The van der Waals surface area contributed by atoms with Gasteiger partial charge in [-0.3, -0.25) is 4.79 Å². The largest absolute Gasteiger partial charge is 0.370 e. The van der Waals surface area contributed by atoms with Crippen molar-refractivity contribution in [3.63, 3.8) is 0 Å². The molecule has 1 aromatic rings. The minimum Gasteiger partial charge on any atom is -0.370 e. The van der Waals surface area contributed by atoms with Gasteiger partial charge in [0.1, 0.15) is 0 Å². The second kappa shape index (κ2) is 7.57. The van der Waals surface area contributed by atoms with E-state index in [4.69, 9.17) is 11.5 Å². The molecule has 0 bridgehead atoms. The van der Waals surface area contributed by atoms with Crippen LogP contribution in [0, 0.1) is 0 Å². The number of thioether (sulfide) groups is 1. The highest BCUT2D eigenvalue weighted by molar-refractivity contribution is 8.00. The Kier molecular flexibility index (Phi) is 5.92. The van der Waals surface area contributed by atoms with Gasteiger partial charge in [-0.25, -0.2) is 8.42 Å². The average molecular weight is 370 g/mol. The number of benzene rings is 1. The molecule has 0 heterocycles. The molecule has 1 fully saturated rings. The molecule has 0 atom stereocenters. The fourth-order valence-electron chi connectivity index (χ4n) is 2.84. The van der Waals surface area contributed by atoms with Crippen molar-refractivity contribution in [3.05, 3.63) is 23.3 Å². The molecular weight excluding hydrogens is 346 g/mol. The van der Waals surface area contributed by atoms with Crippen LogP contribution in [0.25, 0.3) is 0 Å². The minimum absolute atomic E-state index is 0.172. The molecule has 6 nitrogen and oxygen atoms in total. The standard InChI is InChI=1S/C16H23N3O3S2/c1-3-10-8-13(23-11-6-4-5-7-11)14(24(2,21)22)9-12(10)15(20)19-16(17)18/h8-9,11H,3-7H2,1-2H3,(H4,17,18,19,20). The molecule has 0 aliphatic heterocycles. The van der Waals surface area contributed by atoms with Crippen molar-refractivity contribution < 1.29 is 13.2 Å². The van der Waals surface area contributed by atoms with Crippen LogP contribution in [0.4, 0.5) is 0 Å². The van der Waals surface area contributed by atoms with Crippen molar-refractivity contribution in [2.75, 3.05) is 6.26 Å². The van der Waals surface area contributed by atoms with E-state index in [1.807, 2.05) is 6.92 Å². The van der Waals surface area contributed by atoms with E-state index >= 15 is 0 Å². The van der Waals surface area contributed by atoms with E-state index in [2.05, 4.69) is 4.99 Å². The number of nitrogens with two attached hydrogens (primary N) is 2. The summed E-state index contributed by atoms with van der Waals surface area (Å²) >= 11 is 1.59. The van der Waals surface area contributed by atoms with Gasteiger partial charge in [0, 0.05) is 22.0 Å². The van der Waals surface area contributed by atoms with Crippen molar-refractivity contribution in [3.8, 4) is 0 Å².